The molecule has 3 atom stereocenters. The maximum absolute atomic E-state index is 6.68. The summed E-state index contributed by atoms with van der Waals surface area (Å²) in [6.07, 6.45) is 4.05. The third-order valence-corrected chi connectivity index (χ3v) is 8.43. The molecular formula is C34H33N3O. The standard InChI is InChI=1S/C34H33N3O/c1-5-19-15-27-24(12-14-29(36)32(27)33(37)22(19)6-2)31-18(3)30(34(31)38-4)23-11-13-28(35)26-17-21-10-8-7-9-20(21)16-25(23)26/h5-17,30-31,34H,3,35-37H2,1-2,4H3/b19-5-,22-6+. The van der Waals surface area contributed by atoms with E-state index >= 15 is 0 Å². The molecule has 1 aliphatic carbocycles. The highest BCUT2D eigenvalue weighted by molar-refractivity contribution is 6.06. The minimum atomic E-state index is -0.0830. The van der Waals surface area contributed by atoms with Crippen molar-refractivity contribution < 1.29 is 4.74 Å². The van der Waals surface area contributed by atoms with Gasteiger partial charge in [-0.2, -0.15) is 0 Å². The molecule has 4 nitrogen and oxygen atoms in total. The molecule has 0 spiro atoms. The lowest BCUT2D eigenvalue weighted by Crippen LogP contribution is -2.42. The lowest BCUT2D eigenvalue weighted by molar-refractivity contribution is 0.0355. The summed E-state index contributed by atoms with van der Waals surface area (Å²) in [6.45, 7) is 8.64. The molecule has 1 fully saturated rings. The summed E-state index contributed by atoms with van der Waals surface area (Å²) in [5.74, 6) is 0.0568. The van der Waals surface area contributed by atoms with Gasteiger partial charge >= 0.3 is 0 Å². The first kappa shape index (κ1) is 24.1. The normalized spacial score (nSPS) is 20.5. The van der Waals surface area contributed by atoms with E-state index in [1.54, 1.807) is 7.11 Å². The lowest BCUT2D eigenvalue weighted by Gasteiger charge is -2.47. The van der Waals surface area contributed by atoms with Gasteiger partial charge in [0, 0.05) is 52.0 Å². The lowest BCUT2D eigenvalue weighted by atomic mass is 9.61. The van der Waals surface area contributed by atoms with Crippen molar-refractivity contribution in [2.24, 2.45) is 0 Å². The molecule has 38 heavy (non-hydrogen) atoms. The Kier molecular flexibility index (Phi) is 5.66. The molecule has 0 bridgehead atoms. The van der Waals surface area contributed by atoms with Crippen molar-refractivity contribution in [1.82, 2.24) is 0 Å². The molecule has 190 valence electrons. The van der Waals surface area contributed by atoms with Gasteiger partial charge in [-0.1, -0.05) is 60.7 Å². The molecule has 5 aromatic carbocycles. The fourth-order valence-corrected chi connectivity index (χ4v) is 6.53. The average molecular weight is 500 g/mol. The molecule has 0 aliphatic heterocycles. The number of anilines is 3. The average Bonchev–Trinajstić information content (AvgIpc) is 2.93. The second-order valence-electron chi connectivity index (χ2n) is 10.3. The quantitative estimate of drug-likeness (QED) is 0.163. The third-order valence-electron chi connectivity index (χ3n) is 8.43. The molecule has 5 aromatic rings. The number of hydrogen-bond acceptors (Lipinski definition) is 4. The summed E-state index contributed by atoms with van der Waals surface area (Å²) < 4.78 is 6.20. The van der Waals surface area contributed by atoms with E-state index in [9.17, 15) is 0 Å². The van der Waals surface area contributed by atoms with Gasteiger partial charge in [-0.05, 0) is 82.1 Å². The Balaban J connectivity index is 1.53. The predicted molar refractivity (Wildman–Crippen MR) is 164 cm³/mol. The second kappa shape index (κ2) is 8.93. The van der Waals surface area contributed by atoms with Crippen LogP contribution in [0.25, 0.3) is 44.5 Å². The molecule has 0 heterocycles. The monoisotopic (exact) mass is 499 g/mol. The van der Waals surface area contributed by atoms with Crippen LogP contribution in [0.2, 0.25) is 0 Å². The summed E-state index contributed by atoms with van der Waals surface area (Å²) in [7, 11) is 1.79. The van der Waals surface area contributed by atoms with Crippen LogP contribution in [0.5, 0.6) is 0 Å². The number of hydrogen-bond donors (Lipinski definition) is 3. The molecule has 1 saturated carbocycles. The van der Waals surface area contributed by atoms with Gasteiger partial charge in [0.15, 0.2) is 0 Å². The third kappa shape index (κ3) is 3.34. The highest BCUT2D eigenvalue weighted by Crippen LogP contribution is 2.56. The van der Waals surface area contributed by atoms with Crippen molar-refractivity contribution in [3.05, 3.63) is 100 Å². The number of fused-ring (bicyclic) bond motifs is 3. The number of ether oxygens (including phenoxy) is 1. The van der Waals surface area contributed by atoms with Crippen LogP contribution in [0.15, 0.2) is 78.9 Å². The fraction of sp³-hybridized carbons (Fsp3) is 0.176. The molecule has 0 aromatic heterocycles. The first-order valence-electron chi connectivity index (χ1n) is 13.0. The highest BCUT2D eigenvalue weighted by Gasteiger charge is 2.47. The van der Waals surface area contributed by atoms with Crippen LogP contribution in [-0.4, -0.2) is 13.2 Å². The van der Waals surface area contributed by atoms with Crippen molar-refractivity contribution in [1.29, 1.82) is 0 Å². The first-order chi connectivity index (χ1) is 18.4. The van der Waals surface area contributed by atoms with Crippen LogP contribution in [0.3, 0.4) is 0 Å². The van der Waals surface area contributed by atoms with E-state index in [0.717, 1.165) is 48.8 Å². The molecule has 3 unspecified atom stereocenters. The van der Waals surface area contributed by atoms with E-state index in [-0.39, 0.29) is 17.9 Å². The van der Waals surface area contributed by atoms with E-state index in [1.807, 2.05) is 32.1 Å². The molecule has 1 aliphatic rings. The van der Waals surface area contributed by atoms with Gasteiger partial charge in [0.2, 0.25) is 0 Å². The van der Waals surface area contributed by atoms with E-state index in [2.05, 4.69) is 67.3 Å². The van der Waals surface area contributed by atoms with Crippen LogP contribution in [0.4, 0.5) is 17.1 Å². The Bertz CT molecular complexity index is 1900. The van der Waals surface area contributed by atoms with Crippen molar-refractivity contribution in [2.75, 3.05) is 24.3 Å². The van der Waals surface area contributed by atoms with Crippen LogP contribution < -0.4 is 27.6 Å². The zero-order valence-corrected chi connectivity index (χ0v) is 22.1. The number of rotatable bonds is 3. The van der Waals surface area contributed by atoms with Crippen molar-refractivity contribution in [3.63, 3.8) is 0 Å². The second-order valence-corrected chi connectivity index (χ2v) is 10.3. The van der Waals surface area contributed by atoms with Crippen LogP contribution in [0, 0.1) is 0 Å². The maximum Gasteiger partial charge on any atom is 0.0783 e. The Labute approximate surface area is 222 Å². The summed E-state index contributed by atoms with van der Waals surface area (Å²) in [5.41, 5.74) is 25.2. The molecule has 4 heteroatoms. The van der Waals surface area contributed by atoms with Gasteiger partial charge in [0.1, 0.15) is 0 Å². The minimum absolute atomic E-state index is 0.0155. The maximum atomic E-state index is 6.68. The topological polar surface area (TPSA) is 87.3 Å². The van der Waals surface area contributed by atoms with Gasteiger partial charge in [-0.15, -0.1) is 0 Å². The fourth-order valence-electron chi connectivity index (χ4n) is 6.53. The molecule has 0 amide bonds. The molecular weight excluding hydrogens is 466 g/mol. The molecule has 0 saturated heterocycles. The Hall–Kier alpha value is -4.28. The van der Waals surface area contributed by atoms with Gasteiger partial charge in [-0.25, -0.2) is 0 Å². The summed E-state index contributed by atoms with van der Waals surface area (Å²) in [4.78, 5) is 0. The van der Waals surface area contributed by atoms with Crippen LogP contribution in [0.1, 0.15) is 36.8 Å². The van der Waals surface area contributed by atoms with Gasteiger partial charge in [-0.3, -0.25) is 0 Å². The summed E-state index contributed by atoms with van der Waals surface area (Å²) in [6, 6.07) is 23.2. The van der Waals surface area contributed by atoms with E-state index < -0.39 is 0 Å². The van der Waals surface area contributed by atoms with Gasteiger partial charge in [0.05, 0.1) is 6.10 Å². The molecule has 0 radical (unpaired) electrons. The smallest absolute Gasteiger partial charge is 0.0783 e. The minimum Gasteiger partial charge on any atom is -0.398 e. The van der Waals surface area contributed by atoms with E-state index in [1.165, 1.54) is 16.3 Å². The zero-order chi connectivity index (χ0) is 26.7. The van der Waals surface area contributed by atoms with Gasteiger partial charge < -0.3 is 21.9 Å². The number of benzene rings is 5. The van der Waals surface area contributed by atoms with E-state index in [0.29, 0.717) is 11.4 Å². The highest BCUT2D eigenvalue weighted by atomic mass is 16.5. The summed E-state index contributed by atoms with van der Waals surface area (Å²) in [5, 5.41) is 8.63. The largest absolute Gasteiger partial charge is 0.398 e. The Morgan fingerprint density at radius 2 is 1.34 bits per heavy atom. The van der Waals surface area contributed by atoms with Crippen LogP contribution in [-0.2, 0) is 4.74 Å². The van der Waals surface area contributed by atoms with Gasteiger partial charge in [0.25, 0.3) is 0 Å². The summed E-state index contributed by atoms with van der Waals surface area (Å²) >= 11 is 0. The Morgan fingerprint density at radius 1 is 0.737 bits per heavy atom. The number of methoxy groups -OCH3 is 1. The van der Waals surface area contributed by atoms with Crippen molar-refractivity contribution in [2.45, 2.75) is 31.8 Å². The van der Waals surface area contributed by atoms with E-state index in [4.69, 9.17) is 21.9 Å². The van der Waals surface area contributed by atoms with Crippen LogP contribution >= 0.6 is 0 Å². The predicted octanol–water partition coefficient (Wildman–Crippen LogP) is 5.95. The van der Waals surface area contributed by atoms with Crippen molar-refractivity contribution >= 4 is 61.5 Å². The molecule has 6 rings (SSSR count). The number of nitrogen functional groups attached to an aromatic ring is 3. The number of nitrogens with two attached hydrogens (primary N) is 3. The van der Waals surface area contributed by atoms with Crippen molar-refractivity contribution in [3.8, 4) is 0 Å². The SMILES string of the molecule is C=C1C(c2ccc(N)c3cc4ccccc4cc23)C(OC)C1c1ccc(N)c2c(N)c(=C/C)/c(=C\C)cc12. The Morgan fingerprint density at radius 3 is 1.95 bits per heavy atom. The zero-order valence-electron chi connectivity index (χ0n) is 22.1. The first-order valence-corrected chi connectivity index (χ1v) is 13.0. The molecule has 6 N–H and O–H groups in total.